The Morgan fingerprint density at radius 3 is 2.55 bits per heavy atom. The number of carbonyl (C=O) groups excluding carboxylic acids is 1. The minimum Gasteiger partial charge on any atom is -0.507 e. The lowest BCUT2D eigenvalue weighted by atomic mass is 10.1. The van der Waals surface area contributed by atoms with Crippen LogP contribution in [0, 0.1) is 6.92 Å². The number of aryl methyl sites for hydroxylation is 1. The minimum absolute atomic E-state index is 0.0460. The summed E-state index contributed by atoms with van der Waals surface area (Å²) in [6, 6.07) is 11.9. The highest BCUT2D eigenvalue weighted by Gasteiger charge is 2.17. The van der Waals surface area contributed by atoms with Crippen molar-refractivity contribution in [1.82, 2.24) is 0 Å². The largest absolute Gasteiger partial charge is 0.507 e. The topological polar surface area (TPSA) is 55.8 Å². The molecule has 2 rings (SSSR count). The molecule has 1 atom stereocenters. The highest BCUT2D eigenvalue weighted by molar-refractivity contribution is 6.30. The lowest BCUT2D eigenvalue weighted by Gasteiger charge is -2.16. The van der Waals surface area contributed by atoms with E-state index in [1.165, 1.54) is 13.2 Å². The van der Waals surface area contributed by atoms with Gasteiger partial charge in [-0.15, -0.1) is 0 Å². The first-order chi connectivity index (χ1) is 10.5. The van der Waals surface area contributed by atoms with Gasteiger partial charge in [-0.2, -0.15) is 0 Å². The van der Waals surface area contributed by atoms with Gasteiger partial charge in [-0.25, -0.2) is 4.79 Å². The van der Waals surface area contributed by atoms with Gasteiger partial charge < -0.3 is 14.6 Å². The molecule has 4 nitrogen and oxygen atoms in total. The van der Waals surface area contributed by atoms with E-state index in [0.29, 0.717) is 5.02 Å². The van der Waals surface area contributed by atoms with Crippen LogP contribution in [0.3, 0.4) is 0 Å². The zero-order valence-electron chi connectivity index (χ0n) is 12.4. The van der Waals surface area contributed by atoms with Gasteiger partial charge in [0.15, 0.2) is 0 Å². The third-order valence-corrected chi connectivity index (χ3v) is 3.52. The van der Waals surface area contributed by atoms with Gasteiger partial charge in [0, 0.05) is 12.1 Å². The Morgan fingerprint density at radius 1 is 1.23 bits per heavy atom. The summed E-state index contributed by atoms with van der Waals surface area (Å²) < 4.78 is 10.6. The van der Waals surface area contributed by atoms with Crippen LogP contribution >= 0.6 is 11.6 Å². The smallest absolute Gasteiger partial charge is 0.342 e. The summed E-state index contributed by atoms with van der Waals surface area (Å²) >= 11 is 5.85. The number of methoxy groups -OCH3 is 1. The van der Waals surface area contributed by atoms with Crippen molar-refractivity contribution in [3.63, 3.8) is 0 Å². The molecule has 0 heterocycles. The fourth-order valence-corrected chi connectivity index (χ4v) is 2.15. The molecule has 5 heteroatoms. The van der Waals surface area contributed by atoms with Crippen molar-refractivity contribution >= 4 is 17.6 Å². The second-order valence-corrected chi connectivity index (χ2v) is 5.33. The third-order valence-electron chi connectivity index (χ3n) is 3.26. The van der Waals surface area contributed by atoms with Gasteiger partial charge in [0.1, 0.15) is 24.0 Å². The molecule has 0 fully saturated rings. The number of aromatic hydroxyl groups is 1. The quantitative estimate of drug-likeness (QED) is 0.849. The first kappa shape index (κ1) is 16.3. The number of ether oxygens (including phenoxy) is 2. The van der Waals surface area contributed by atoms with Crippen molar-refractivity contribution in [3.8, 4) is 5.75 Å². The highest BCUT2D eigenvalue weighted by Crippen LogP contribution is 2.22. The maximum atomic E-state index is 12.1. The Bertz CT molecular complexity index is 652. The molecule has 0 amide bonds. The second-order valence-electron chi connectivity index (χ2n) is 4.89. The molecule has 1 unspecified atom stereocenters. The van der Waals surface area contributed by atoms with Crippen molar-refractivity contribution in [2.75, 3.05) is 13.7 Å². The Hall–Kier alpha value is -2.04. The predicted molar refractivity (Wildman–Crippen MR) is 84.3 cm³/mol. The standard InChI is InChI=1S/C17H17ClO4/c1-11-3-8-15(19)14(9-11)17(20)22-10-16(21-2)12-4-6-13(18)7-5-12/h3-9,16,19H,10H2,1-2H3. The predicted octanol–water partition coefficient (Wildman–Crippen LogP) is 3.90. The second kappa shape index (κ2) is 7.29. The molecule has 116 valence electrons. The van der Waals surface area contributed by atoms with Crippen LogP contribution in [0.15, 0.2) is 42.5 Å². The van der Waals surface area contributed by atoms with E-state index in [1.54, 1.807) is 24.3 Å². The van der Waals surface area contributed by atoms with E-state index in [9.17, 15) is 9.90 Å². The molecule has 0 aliphatic carbocycles. The molecule has 0 aliphatic heterocycles. The number of phenols is 1. The van der Waals surface area contributed by atoms with Crippen LogP contribution in [0.25, 0.3) is 0 Å². The van der Waals surface area contributed by atoms with E-state index < -0.39 is 12.1 Å². The van der Waals surface area contributed by atoms with Gasteiger partial charge in [0.25, 0.3) is 0 Å². The van der Waals surface area contributed by atoms with E-state index in [2.05, 4.69) is 0 Å². The van der Waals surface area contributed by atoms with Gasteiger partial charge in [-0.1, -0.05) is 35.4 Å². The molecule has 0 radical (unpaired) electrons. The van der Waals surface area contributed by atoms with E-state index >= 15 is 0 Å². The molecular formula is C17H17ClO4. The molecule has 0 spiro atoms. The van der Waals surface area contributed by atoms with Crippen molar-refractivity contribution in [2.45, 2.75) is 13.0 Å². The lowest BCUT2D eigenvalue weighted by molar-refractivity contribution is 0.00987. The number of benzene rings is 2. The van der Waals surface area contributed by atoms with Gasteiger partial charge in [0.2, 0.25) is 0 Å². The van der Waals surface area contributed by atoms with Crippen LogP contribution in [0.2, 0.25) is 5.02 Å². The van der Waals surface area contributed by atoms with Gasteiger partial charge in [-0.3, -0.25) is 0 Å². The molecule has 1 N–H and O–H groups in total. The van der Waals surface area contributed by atoms with E-state index in [4.69, 9.17) is 21.1 Å². The third kappa shape index (κ3) is 4.00. The maximum Gasteiger partial charge on any atom is 0.342 e. The average molecular weight is 321 g/mol. The van der Waals surface area contributed by atoms with E-state index in [1.807, 2.05) is 19.1 Å². The van der Waals surface area contributed by atoms with Crippen molar-refractivity contribution in [1.29, 1.82) is 0 Å². The van der Waals surface area contributed by atoms with Crippen LogP contribution < -0.4 is 0 Å². The van der Waals surface area contributed by atoms with Crippen molar-refractivity contribution in [3.05, 3.63) is 64.2 Å². The molecular weight excluding hydrogens is 304 g/mol. The number of rotatable bonds is 5. The first-order valence-electron chi connectivity index (χ1n) is 6.76. The zero-order valence-corrected chi connectivity index (χ0v) is 13.1. The Kier molecular flexibility index (Phi) is 5.41. The number of carbonyl (C=O) groups is 1. The average Bonchev–Trinajstić information content (AvgIpc) is 2.51. The van der Waals surface area contributed by atoms with E-state index in [0.717, 1.165) is 11.1 Å². The Balaban J connectivity index is 2.05. The Labute approximate surface area is 134 Å². The van der Waals surface area contributed by atoms with Gasteiger partial charge in [-0.05, 0) is 36.8 Å². The molecule has 0 bridgehead atoms. The number of phenolic OH excluding ortho intramolecular Hbond substituents is 1. The summed E-state index contributed by atoms with van der Waals surface area (Å²) in [5.74, 6) is -0.687. The summed E-state index contributed by atoms with van der Waals surface area (Å²) in [5, 5.41) is 10.4. The van der Waals surface area contributed by atoms with Crippen molar-refractivity contribution < 1.29 is 19.4 Å². The molecule has 22 heavy (non-hydrogen) atoms. The van der Waals surface area contributed by atoms with Crippen LogP contribution in [-0.4, -0.2) is 24.8 Å². The molecule has 0 aliphatic rings. The van der Waals surface area contributed by atoms with Crippen LogP contribution in [0.5, 0.6) is 5.75 Å². The number of hydrogen-bond acceptors (Lipinski definition) is 4. The summed E-state index contributed by atoms with van der Waals surface area (Å²) in [6.45, 7) is 1.88. The number of hydrogen-bond donors (Lipinski definition) is 1. The lowest BCUT2D eigenvalue weighted by Crippen LogP contribution is -2.14. The molecule has 2 aromatic carbocycles. The molecule has 2 aromatic rings. The highest BCUT2D eigenvalue weighted by atomic mass is 35.5. The fourth-order valence-electron chi connectivity index (χ4n) is 2.02. The van der Waals surface area contributed by atoms with Gasteiger partial charge in [0.05, 0.1) is 0 Å². The summed E-state index contributed by atoms with van der Waals surface area (Å²) in [5.41, 5.74) is 1.87. The number of esters is 1. The van der Waals surface area contributed by atoms with Crippen molar-refractivity contribution in [2.24, 2.45) is 0 Å². The van der Waals surface area contributed by atoms with Crippen LogP contribution in [-0.2, 0) is 9.47 Å². The zero-order chi connectivity index (χ0) is 16.1. The van der Waals surface area contributed by atoms with E-state index in [-0.39, 0.29) is 17.9 Å². The Morgan fingerprint density at radius 2 is 1.91 bits per heavy atom. The molecule has 0 aromatic heterocycles. The first-order valence-corrected chi connectivity index (χ1v) is 7.14. The fraction of sp³-hybridized carbons (Fsp3) is 0.235. The summed E-state index contributed by atoms with van der Waals surface area (Å²) in [7, 11) is 1.54. The molecule has 0 saturated carbocycles. The summed E-state index contributed by atoms with van der Waals surface area (Å²) in [4.78, 5) is 12.1. The normalized spacial score (nSPS) is 12.0. The van der Waals surface area contributed by atoms with Gasteiger partial charge >= 0.3 is 5.97 Å². The van der Waals surface area contributed by atoms with Crippen LogP contribution in [0.1, 0.15) is 27.6 Å². The maximum absolute atomic E-state index is 12.1. The minimum atomic E-state index is -0.586. The SMILES string of the molecule is COC(COC(=O)c1cc(C)ccc1O)c1ccc(Cl)cc1. The number of halogens is 1. The molecule has 0 saturated heterocycles. The monoisotopic (exact) mass is 320 g/mol. The van der Waals surface area contributed by atoms with Crippen LogP contribution in [0.4, 0.5) is 0 Å². The summed E-state index contributed by atoms with van der Waals surface area (Å²) in [6.07, 6.45) is -0.395.